The van der Waals surface area contributed by atoms with E-state index in [0.717, 1.165) is 6.42 Å². The molecule has 5 heteroatoms. The minimum Gasteiger partial charge on any atom is -0.330 e. The van der Waals surface area contributed by atoms with Crippen LogP contribution in [0.15, 0.2) is 30.3 Å². The van der Waals surface area contributed by atoms with Gasteiger partial charge in [-0.3, -0.25) is 4.90 Å². The number of halogens is 3. The number of hydrogen-bond acceptors (Lipinski definition) is 2. The van der Waals surface area contributed by atoms with Crippen molar-refractivity contribution >= 4 is 0 Å². The van der Waals surface area contributed by atoms with Gasteiger partial charge in [0.2, 0.25) is 0 Å². The molecule has 1 fully saturated rings. The van der Waals surface area contributed by atoms with Gasteiger partial charge in [-0.2, -0.15) is 13.2 Å². The molecule has 1 aliphatic rings. The zero-order valence-corrected chi connectivity index (χ0v) is 10.9. The lowest BCUT2D eigenvalue weighted by molar-refractivity contribution is -0.188. The van der Waals surface area contributed by atoms with Gasteiger partial charge in [-0.15, -0.1) is 0 Å². The van der Waals surface area contributed by atoms with E-state index in [4.69, 9.17) is 5.73 Å². The molecule has 0 spiro atoms. The molecular formula is C14H19F3N2. The maximum absolute atomic E-state index is 13.4. The Morgan fingerprint density at radius 2 is 1.95 bits per heavy atom. The Labute approximate surface area is 111 Å². The molecule has 1 aromatic carbocycles. The number of nitrogens with two attached hydrogens (primary N) is 1. The molecule has 0 bridgehead atoms. The monoisotopic (exact) mass is 272 g/mol. The maximum atomic E-state index is 13.4. The quantitative estimate of drug-likeness (QED) is 0.916. The van der Waals surface area contributed by atoms with Gasteiger partial charge in [0.25, 0.3) is 0 Å². The van der Waals surface area contributed by atoms with Crippen molar-refractivity contribution in [3.8, 4) is 0 Å². The molecule has 106 valence electrons. The van der Waals surface area contributed by atoms with Gasteiger partial charge in [0.1, 0.15) is 6.04 Å². The van der Waals surface area contributed by atoms with E-state index in [9.17, 15) is 13.2 Å². The maximum Gasteiger partial charge on any atom is 0.408 e. The summed E-state index contributed by atoms with van der Waals surface area (Å²) < 4.78 is 40.2. The minimum absolute atomic E-state index is 0.0969. The predicted molar refractivity (Wildman–Crippen MR) is 68.6 cm³/mol. The summed E-state index contributed by atoms with van der Waals surface area (Å²) >= 11 is 0. The highest BCUT2D eigenvalue weighted by Gasteiger charge is 2.48. The second-order valence-electron chi connectivity index (χ2n) is 5.24. The van der Waals surface area contributed by atoms with E-state index in [0.29, 0.717) is 18.7 Å². The van der Waals surface area contributed by atoms with Crippen LogP contribution in [0.4, 0.5) is 13.2 Å². The number of alkyl halides is 3. The highest BCUT2D eigenvalue weighted by Crippen LogP contribution is 2.42. The van der Waals surface area contributed by atoms with Gasteiger partial charge in [-0.1, -0.05) is 30.3 Å². The summed E-state index contributed by atoms with van der Waals surface area (Å²) in [6, 6.07) is 6.49. The van der Waals surface area contributed by atoms with Crippen LogP contribution >= 0.6 is 0 Å². The number of rotatable bonds is 3. The third kappa shape index (κ3) is 3.09. The molecule has 0 aromatic heterocycles. The fraction of sp³-hybridized carbons (Fsp3) is 0.571. The first-order valence-electron chi connectivity index (χ1n) is 6.51. The van der Waals surface area contributed by atoms with Crippen LogP contribution in [0.2, 0.25) is 0 Å². The molecule has 0 radical (unpaired) electrons. The van der Waals surface area contributed by atoms with E-state index >= 15 is 0 Å². The summed E-state index contributed by atoms with van der Waals surface area (Å²) in [4.78, 5) is 1.53. The second kappa shape index (κ2) is 5.51. The molecule has 3 unspecified atom stereocenters. The first-order valence-corrected chi connectivity index (χ1v) is 6.51. The van der Waals surface area contributed by atoms with E-state index in [1.165, 1.54) is 4.90 Å². The van der Waals surface area contributed by atoms with Crippen molar-refractivity contribution in [3.05, 3.63) is 35.9 Å². The first-order chi connectivity index (χ1) is 8.93. The largest absolute Gasteiger partial charge is 0.408 e. The van der Waals surface area contributed by atoms with Gasteiger partial charge in [-0.25, -0.2) is 0 Å². The molecule has 1 aliphatic heterocycles. The number of likely N-dealkylation sites (tertiary alicyclic amines) is 1. The molecule has 2 rings (SSSR count). The van der Waals surface area contributed by atoms with Crippen molar-refractivity contribution in [1.29, 1.82) is 0 Å². The number of benzene rings is 1. The van der Waals surface area contributed by atoms with Crippen molar-refractivity contribution < 1.29 is 13.2 Å². The van der Waals surface area contributed by atoms with E-state index in [1.807, 2.05) is 6.92 Å². The van der Waals surface area contributed by atoms with Gasteiger partial charge in [0.05, 0.1) is 0 Å². The van der Waals surface area contributed by atoms with Gasteiger partial charge in [0.15, 0.2) is 0 Å². The van der Waals surface area contributed by atoms with E-state index in [1.54, 1.807) is 30.3 Å². The summed E-state index contributed by atoms with van der Waals surface area (Å²) in [5.74, 6) is 0.156. The fourth-order valence-corrected chi connectivity index (χ4v) is 2.90. The Bertz CT molecular complexity index is 405. The molecule has 2 nitrogen and oxygen atoms in total. The molecule has 1 heterocycles. The third-order valence-corrected chi connectivity index (χ3v) is 3.80. The zero-order valence-electron chi connectivity index (χ0n) is 10.9. The molecule has 1 aromatic rings. The van der Waals surface area contributed by atoms with E-state index in [2.05, 4.69) is 0 Å². The predicted octanol–water partition coefficient (Wildman–Crippen LogP) is 2.96. The zero-order chi connectivity index (χ0) is 14.0. The summed E-state index contributed by atoms with van der Waals surface area (Å²) in [7, 11) is 0. The average Bonchev–Trinajstić information content (AvgIpc) is 2.71. The van der Waals surface area contributed by atoms with Crippen molar-refractivity contribution in [1.82, 2.24) is 4.90 Å². The van der Waals surface area contributed by atoms with Crippen molar-refractivity contribution in [3.63, 3.8) is 0 Å². The van der Waals surface area contributed by atoms with Crippen LogP contribution < -0.4 is 5.73 Å². The molecule has 0 saturated carbocycles. The lowest BCUT2D eigenvalue weighted by Crippen LogP contribution is -2.40. The van der Waals surface area contributed by atoms with Crippen molar-refractivity contribution in [2.45, 2.75) is 31.6 Å². The summed E-state index contributed by atoms with van der Waals surface area (Å²) in [6.07, 6.45) is -3.53. The summed E-state index contributed by atoms with van der Waals surface area (Å²) in [5.41, 5.74) is 5.90. The fourth-order valence-electron chi connectivity index (χ4n) is 2.90. The van der Waals surface area contributed by atoms with Crippen molar-refractivity contribution in [2.75, 3.05) is 13.1 Å². The summed E-state index contributed by atoms with van der Waals surface area (Å²) in [5, 5.41) is 0. The SMILES string of the molecule is CC1CC(CN)CN1C(c1ccccc1)C(F)(F)F. The Morgan fingerprint density at radius 1 is 1.32 bits per heavy atom. The van der Waals surface area contributed by atoms with Crippen molar-refractivity contribution in [2.24, 2.45) is 11.7 Å². The molecular weight excluding hydrogens is 253 g/mol. The van der Waals surface area contributed by atoms with Crippen LogP contribution in [0, 0.1) is 5.92 Å². The molecule has 19 heavy (non-hydrogen) atoms. The standard InChI is InChI=1S/C14H19F3N2/c1-10-7-11(8-18)9-19(10)13(14(15,16)17)12-5-3-2-4-6-12/h2-6,10-11,13H,7-9,18H2,1H3. The van der Waals surface area contributed by atoms with Crippen LogP contribution in [-0.4, -0.2) is 30.2 Å². The van der Waals surface area contributed by atoms with Crippen LogP contribution in [-0.2, 0) is 0 Å². The topological polar surface area (TPSA) is 29.3 Å². The highest BCUT2D eigenvalue weighted by molar-refractivity contribution is 5.21. The van der Waals surface area contributed by atoms with Crippen LogP contribution in [0.1, 0.15) is 24.9 Å². The Morgan fingerprint density at radius 3 is 2.42 bits per heavy atom. The molecule has 3 atom stereocenters. The molecule has 0 amide bonds. The molecule has 0 aliphatic carbocycles. The average molecular weight is 272 g/mol. The van der Waals surface area contributed by atoms with Gasteiger partial charge in [0, 0.05) is 12.6 Å². The number of nitrogens with zero attached hydrogens (tertiary/aromatic N) is 1. The summed E-state index contributed by atoms with van der Waals surface area (Å²) in [6.45, 7) is 2.70. The normalized spacial score (nSPS) is 26.6. The Balaban J connectivity index is 2.30. The van der Waals surface area contributed by atoms with Gasteiger partial charge >= 0.3 is 6.18 Å². The minimum atomic E-state index is -4.26. The lowest BCUT2D eigenvalue weighted by atomic mass is 10.0. The van der Waals surface area contributed by atoms with Crippen LogP contribution in [0.3, 0.4) is 0 Å². The van der Waals surface area contributed by atoms with Crippen LogP contribution in [0.5, 0.6) is 0 Å². The second-order valence-corrected chi connectivity index (χ2v) is 5.24. The first kappa shape index (κ1) is 14.3. The Hall–Kier alpha value is -1.07. The number of hydrogen-bond donors (Lipinski definition) is 1. The van der Waals surface area contributed by atoms with Gasteiger partial charge < -0.3 is 5.73 Å². The molecule has 2 N–H and O–H groups in total. The smallest absolute Gasteiger partial charge is 0.330 e. The Kier molecular flexibility index (Phi) is 4.16. The molecule has 1 saturated heterocycles. The van der Waals surface area contributed by atoms with Gasteiger partial charge in [-0.05, 0) is 31.4 Å². The lowest BCUT2D eigenvalue weighted by Gasteiger charge is -2.33. The third-order valence-electron chi connectivity index (χ3n) is 3.80. The van der Waals surface area contributed by atoms with E-state index in [-0.39, 0.29) is 12.0 Å². The van der Waals surface area contributed by atoms with Crippen LogP contribution in [0.25, 0.3) is 0 Å². The highest BCUT2D eigenvalue weighted by atomic mass is 19.4. The van der Waals surface area contributed by atoms with E-state index < -0.39 is 12.2 Å².